The van der Waals surface area contributed by atoms with Gasteiger partial charge in [-0.1, -0.05) is 20.8 Å². The monoisotopic (exact) mass is 339 g/mol. The van der Waals surface area contributed by atoms with E-state index in [9.17, 15) is 9.36 Å². The molecular weight excluding hydrogens is 309 g/mol. The Labute approximate surface area is 133 Å². The molecule has 1 N–H and O–H groups in total. The molecule has 7 nitrogen and oxygen atoms in total. The molecule has 0 spiro atoms. The maximum Gasteiger partial charge on any atom is 0.350 e. The van der Waals surface area contributed by atoms with Crippen molar-refractivity contribution in [2.45, 2.75) is 59.9 Å². The number of carbonyl (C=O) groups excluding carboxylic acids is 1. The first-order chi connectivity index (χ1) is 9.94. The minimum absolute atomic E-state index is 0.242. The van der Waals surface area contributed by atoms with Crippen molar-refractivity contribution in [1.29, 1.82) is 0 Å². The number of ether oxygens (including phenoxy) is 1. The molecule has 0 aliphatic rings. The van der Waals surface area contributed by atoms with Crippen LogP contribution in [0.2, 0.25) is 0 Å². The molecule has 0 saturated carbocycles. The quantitative estimate of drug-likeness (QED) is 0.392. The van der Waals surface area contributed by atoms with Crippen LogP contribution in [0, 0.1) is 5.41 Å². The Morgan fingerprint density at radius 1 is 1.09 bits per heavy atom. The van der Waals surface area contributed by atoms with Crippen LogP contribution in [0.15, 0.2) is 0 Å². The topological polar surface area (TPSA) is 83.1 Å². The van der Waals surface area contributed by atoms with Crippen molar-refractivity contribution in [3.8, 4) is 0 Å². The van der Waals surface area contributed by atoms with E-state index in [0.29, 0.717) is 0 Å². The molecule has 0 radical (unpaired) electrons. The number of hydrogen-bond acceptors (Lipinski definition) is 7. The fraction of sp³-hybridized carbons (Fsp3) is 0.929. The lowest BCUT2D eigenvalue weighted by Crippen LogP contribution is -2.48. The fourth-order valence-electron chi connectivity index (χ4n) is 1.75. The van der Waals surface area contributed by atoms with E-state index >= 15 is 0 Å². The van der Waals surface area contributed by atoms with E-state index in [4.69, 9.17) is 13.9 Å². The summed E-state index contributed by atoms with van der Waals surface area (Å²) in [5.74, 6) is -1.29. The fourth-order valence-corrected chi connectivity index (χ4v) is 3.98. The molecule has 0 amide bonds. The molecule has 0 aromatic carbocycles. The molecule has 8 heteroatoms. The van der Waals surface area contributed by atoms with Gasteiger partial charge in [-0.2, -0.15) is 5.48 Å². The Balaban J connectivity index is 5.32. The average Bonchev–Trinajstić information content (AvgIpc) is 2.36. The van der Waals surface area contributed by atoms with E-state index in [1.54, 1.807) is 27.7 Å². The summed E-state index contributed by atoms with van der Waals surface area (Å²) in [5, 5.41) is 0. The smallest absolute Gasteiger partial charge is 0.350 e. The number of rotatable bonds is 9. The molecule has 1 unspecified atom stereocenters. The molecule has 1 atom stereocenters. The van der Waals surface area contributed by atoms with Gasteiger partial charge in [0.15, 0.2) is 5.60 Å². The Morgan fingerprint density at radius 2 is 1.55 bits per heavy atom. The van der Waals surface area contributed by atoms with Gasteiger partial charge in [-0.05, 0) is 33.1 Å². The van der Waals surface area contributed by atoms with E-state index in [2.05, 4.69) is 10.2 Å². The molecule has 22 heavy (non-hydrogen) atoms. The van der Waals surface area contributed by atoms with Crippen molar-refractivity contribution in [3.63, 3.8) is 0 Å². The van der Waals surface area contributed by atoms with Crippen LogP contribution in [-0.4, -0.2) is 37.7 Å². The van der Waals surface area contributed by atoms with Crippen molar-refractivity contribution in [2.75, 3.05) is 20.3 Å². The van der Waals surface area contributed by atoms with Gasteiger partial charge in [0.1, 0.15) is 5.78 Å². The summed E-state index contributed by atoms with van der Waals surface area (Å²) < 4.78 is 28.5. The summed E-state index contributed by atoms with van der Waals surface area (Å²) in [6.07, 6.45) is 0. The zero-order valence-corrected chi connectivity index (χ0v) is 15.8. The van der Waals surface area contributed by atoms with Crippen LogP contribution in [-0.2, 0) is 28.0 Å². The second-order valence-corrected chi connectivity index (χ2v) is 8.48. The highest BCUT2D eigenvalue weighted by Crippen LogP contribution is 2.57. The summed E-state index contributed by atoms with van der Waals surface area (Å²) in [5.41, 5.74) is 0.983. The lowest BCUT2D eigenvalue weighted by Gasteiger charge is -2.37. The molecule has 0 fully saturated rings. The Morgan fingerprint density at radius 3 is 1.86 bits per heavy atom. The lowest BCUT2D eigenvalue weighted by atomic mass is 9.97. The van der Waals surface area contributed by atoms with Crippen LogP contribution in [0.4, 0.5) is 0 Å². The predicted molar refractivity (Wildman–Crippen MR) is 84.4 cm³/mol. The second kappa shape index (κ2) is 8.41. The number of esters is 1. The zero-order chi connectivity index (χ0) is 17.6. The molecule has 0 aromatic rings. The summed E-state index contributed by atoms with van der Waals surface area (Å²) in [6, 6.07) is 0. The number of carbonyl (C=O) groups is 1. The largest absolute Gasteiger partial charge is 0.467 e. The Bertz CT molecular complexity index is 395. The molecule has 132 valence electrons. The SMILES string of the molecule is CCOP(=O)(OCC)C(NOC(C)(C)C(=O)OC)C(C)(C)C. The van der Waals surface area contributed by atoms with E-state index in [1.807, 2.05) is 20.8 Å². The summed E-state index contributed by atoms with van der Waals surface area (Å²) >= 11 is 0. The van der Waals surface area contributed by atoms with Crippen LogP contribution < -0.4 is 5.48 Å². The predicted octanol–water partition coefficient (Wildman–Crippen LogP) is 3.10. The van der Waals surface area contributed by atoms with Gasteiger partial charge in [-0.3, -0.25) is 9.40 Å². The number of hydroxylamine groups is 1. The molecule has 0 aliphatic heterocycles. The third-order valence-electron chi connectivity index (χ3n) is 2.86. The minimum Gasteiger partial charge on any atom is -0.467 e. The van der Waals surface area contributed by atoms with Crippen molar-refractivity contribution < 1.29 is 28.0 Å². The van der Waals surface area contributed by atoms with Gasteiger partial charge in [0.05, 0.1) is 20.3 Å². The average molecular weight is 339 g/mol. The molecule has 0 aliphatic carbocycles. The first-order valence-corrected chi connectivity index (χ1v) is 8.96. The molecule has 0 rings (SSSR count). The maximum atomic E-state index is 13.0. The standard InChI is InChI=1S/C14H30NO6P/c1-9-19-22(17,20-10-2)11(13(3,4)5)15-21-14(6,7)12(16)18-8/h11,15H,9-10H2,1-8H3. The van der Waals surface area contributed by atoms with Gasteiger partial charge >= 0.3 is 13.6 Å². The Hall–Kier alpha value is -0.460. The van der Waals surface area contributed by atoms with Crippen molar-refractivity contribution >= 4 is 13.6 Å². The maximum absolute atomic E-state index is 13.0. The highest BCUT2D eigenvalue weighted by Gasteiger charge is 2.45. The van der Waals surface area contributed by atoms with E-state index in [1.165, 1.54) is 7.11 Å². The van der Waals surface area contributed by atoms with Crippen molar-refractivity contribution in [3.05, 3.63) is 0 Å². The second-order valence-electron chi connectivity index (χ2n) is 6.37. The lowest BCUT2D eigenvalue weighted by molar-refractivity contribution is -0.177. The Kier molecular flexibility index (Phi) is 8.23. The van der Waals surface area contributed by atoms with E-state index < -0.39 is 30.4 Å². The molecule has 0 bridgehead atoms. The highest BCUT2D eigenvalue weighted by molar-refractivity contribution is 7.54. The van der Waals surface area contributed by atoms with Crippen LogP contribution in [0.25, 0.3) is 0 Å². The van der Waals surface area contributed by atoms with Gasteiger partial charge in [0.2, 0.25) is 0 Å². The summed E-state index contributed by atoms with van der Waals surface area (Å²) in [4.78, 5) is 17.1. The summed E-state index contributed by atoms with van der Waals surface area (Å²) in [7, 11) is -2.19. The minimum atomic E-state index is -3.46. The van der Waals surface area contributed by atoms with Gasteiger partial charge in [0.25, 0.3) is 0 Å². The normalized spacial score (nSPS) is 14.7. The van der Waals surface area contributed by atoms with Crippen LogP contribution in [0.3, 0.4) is 0 Å². The van der Waals surface area contributed by atoms with Crippen molar-refractivity contribution in [1.82, 2.24) is 5.48 Å². The first kappa shape index (κ1) is 21.5. The van der Waals surface area contributed by atoms with E-state index in [0.717, 1.165) is 0 Å². The van der Waals surface area contributed by atoms with Gasteiger partial charge in [-0.15, -0.1) is 0 Å². The third-order valence-corrected chi connectivity index (χ3v) is 5.61. The number of hydrogen-bond donors (Lipinski definition) is 1. The first-order valence-electron chi connectivity index (χ1n) is 7.35. The van der Waals surface area contributed by atoms with E-state index in [-0.39, 0.29) is 13.2 Å². The van der Waals surface area contributed by atoms with Crippen LogP contribution in [0.5, 0.6) is 0 Å². The van der Waals surface area contributed by atoms with Crippen LogP contribution >= 0.6 is 7.60 Å². The highest BCUT2D eigenvalue weighted by atomic mass is 31.2. The molecule has 0 aromatic heterocycles. The van der Waals surface area contributed by atoms with Crippen molar-refractivity contribution in [2.24, 2.45) is 5.41 Å². The van der Waals surface area contributed by atoms with Gasteiger partial charge in [0, 0.05) is 0 Å². The number of methoxy groups -OCH3 is 1. The molecule has 0 heterocycles. The van der Waals surface area contributed by atoms with Gasteiger partial charge in [-0.25, -0.2) is 4.79 Å². The molecule has 0 saturated heterocycles. The molecular formula is C14H30NO6P. The zero-order valence-electron chi connectivity index (χ0n) is 14.9. The third kappa shape index (κ3) is 5.97. The summed E-state index contributed by atoms with van der Waals surface area (Å²) in [6.45, 7) is 12.7. The van der Waals surface area contributed by atoms with Gasteiger partial charge < -0.3 is 13.8 Å². The van der Waals surface area contributed by atoms with Crippen LogP contribution in [0.1, 0.15) is 48.5 Å². The number of nitrogens with one attached hydrogen (secondary N) is 1.